The molecule has 1 amide bonds. The largest absolute Gasteiger partial charge is 0.398 e. The van der Waals surface area contributed by atoms with E-state index in [0.29, 0.717) is 18.2 Å². The Kier molecular flexibility index (Phi) is 3.77. The second-order valence-electron chi connectivity index (χ2n) is 5.38. The Labute approximate surface area is 124 Å². The van der Waals surface area contributed by atoms with Crippen molar-refractivity contribution in [2.75, 3.05) is 11.1 Å². The molecule has 1 fully saturated rings. The highest BCUT2D eigenvalue weighted by molar-refractivity contribution is 5.94. The topological polar surface area (TPSA) is 67.1 Å². The van der Waals surface area contributed by atoms with E-state index in [1.165, 1.54) is 0 Å². The van der Waals surface area contributed by atoms with Gasteiger partial charge >= 0.3 is 0 Å². The van der Waals surface area contributed by atoms with Crippen LogP contribution in [-0.4, -0.2) is 11.9 Å². The molecule has 108 valence electrons. The van der Waals surface area contributed by atoms with E-state index < -0.39 is 0 Å². The number of benzene rings is 2. The van der Waals surface area contributed by atoms with Crippen LogP contribution in [0.25, 0.3) is 0 Å². The number of nitrogens with one attached hydrogen (secondary N) is 2. The van der Waals surface area contributed by atoms with Crippen molar-refractivity contribution in [2.24, 2.45) is 0 Å². The van der Waals surface area contributed by atoms with Gasteiger partial charge in [0.25, 0.3) is 5.91 Å². The van der Waals surface area contributed by atoms with E-state index >= 15 is 0 Å². The molecule has 4 nitrogen and oxygen atoms in total. The minimum Gasteiger partial charge on any atom is -0.398 e. The zero-order valence-electron chi connectivity index (χ0n) is 11.8. The van der Waals surface area contributed by atoms with Crippen LogP contribution in [0.2, 0.25) is 0 Å². The summed E-state index contributed by atoms with van der Waals surface area (Å²) >= 11 is 0. The lowest BCUT2D eigenvalue weighted by Crippen LogP contribution is -2.25. The molecule has 4 N–H and O–H groups in total. The van der Waals surface area contributed by atoms with Gasteiger partial charge in [0.15, 0.2) is 0 Å². The van der Waals surface area contributed by atoms with Crippen LogP contribution in [0.1, 0.15) is 28.8 Å². The Hall–Kier alpha value is -2.49. The minimum atomic E-state index is 0.0105. The first kappa shape index (κ1) is 13.5. The van der Waals surface area contributed by atoms with E-state index in [2.05, 4.69) is 10.6 Å². The SMILES string of the molecule is Nc1ccccc1CNc1ccc(C(=O)NC2CC2)cc1. The summed E-state index contributed by atoms with van der Waals surface area (Å²) in [5.74, 6) is 0.0105. The van der Waals surface area contributed by atoms with Crippen molar-refractivity contribution < 1.29 is 4.79 Å². The van der Waals surface area contributed by atoms with E-state index in [-0.39, 0.29) is 5.91 Å². The Morgan fingerprint density at radius 1 is 1.10 bits per heavy atom. The zero-order valence-corrected chi connectivity index (χ0v) is 11.8. The van der Waals surface area contributed by atoms with Crippen LogP contribution in [0.5, 0.6) is 0 Å². The number of amides is 1. The highest BCUT2D eigenvalue weighted by Crippen LogP contribution is 2.20. The third-order valence-corrected chi connectivity index (χ3v) is 3.60. The van der Waals surface area contributed by atoms with Crippen molar-refractivity contribution in [3.63, 3.8) is 0 Å². The van der Waals surface area contributed by atoms with Gasteiger partial charge in [0.2, 0.25) is 0 Å². The first-order valence-corrected chi connectivity index (χ1v) is 7.20. The third-order valence-electron chi connectivity index (χ3n) is 3.60. The van der Waals surface area contributed by atoms with Gasteiger partial charge in [-0.25, -0.2) is 0 Å². The molecule has 0 atom stereocenters. The van der Waals surface area contributed by atoms with Crippen LogP contribution < -0.4 is 16.4 Å². The van der Waals surface area contributed by atoms with Crippen LogP contribution in [-0.2, 0) is 6.54 Å². The van der Waals surface area contributed by atoms with E-state index in [9.17, 15) is 4.79 Å². The lowest BCUT2D eigenvalue weighted by molar-refractivity contribution is 0.0951. The Bertz CT molecular complexity index is 633. The summed E-state index contributed by atoms with van der Waals surface area (Å²) in [5.41, 5.74) is 9.43. The molecule has 0 spiro atoms. The number of para-hydroxylation sites is 1. The van der Waals surface area contributed by atoms with Gasteiger partial charge in [0.1, 0.15) is 0 Å². The molecule has 0 aliphatic heterocycles. The highest BCUT2D eigenvalue weighted by Gasteiger charge is 2.23. The molecular weight excluding hydrogens is 262 g/mol. The summed E-state index contributed by atoms with van der Waals surface area (Å²) < 4.78 is 0. The van der Waals surface area contributed by atoms with Gasteiger partial charge in [0, 0.05) is 29.5 Å². The van der Waals surface area contributed by atoms with Crippen molar-refractivity contribution in [3.05, 3.63) is 59.7 Å². The molecule has 4 heteroatoms. The fraction of sp³-hybridized carbons (Fsp3) is 0.235. The van der Waals surface area contributed by atoms with Gasteiger partial charge in [-0.1, -0.05) is 18.2 Å². The van der Waals surface area contributed by atoms with Crippen LogP contribution in [0.15, 0.2) is 48.5 Å². The molecule has 3 rings (SSSR count). The average molecular weight is 281 g/mol. The van der Waals surface area contributed by atoms with Crippen molar-refractivity contribution in [1.82, 2.24) is 5.32 Å². The number of rotatable bonds is 5. The van der Waals surface area contributed by atoms with Gasteiger partial charge in [0.05, 0.1) is 0 Å². The van der Waals surface area contributed by atoms with Gasteiger partial charge in [-0.15, -0.1) is 0 Å². The van der Waals surface area contributed by atoms with Crippen molar-refractivity contribution in [3.8, 4) is 0 Å². The number of anilines is 2. The molecule has 1 aliphatic rings. The molecule has 0 saturated heterocycles. The third kappa shape index (κ3) is 3.54. The molecular formula is C17H19N3O. The van der Waals surface area contributed by atoms with E-state index in [1.54, 1.807) is 0 Å². The fourth-order valence-corrected chi connectivity index (χ4v) is 2.13. The second kappa shape index (κ2) is 5.87. The number of nitrogens with two attached hydrogens (primary N) is 1. The Morgan fingerprint density at radius 2 is 1.81 bits per heavy atom. The molecule has 0 unspecified atom stereocenters. The van der Waals surface area contributed by atoms with Gasteiger partial charge in [-0.05, 0) is 48.7 Å². The lowest BCUT2D eigenvalue weighted by atomic mass is 10.1. The zero-order chi connectivity index (χ0) is 14.7. The minimum absolute atomic E-state index is 0.0105. The van der Waals surface area contributed by atoms with E-state index in [4.69, 9.17) is 5.73 Å². The standard InChI is InChI=1S/C17H19N3O/c18-16-4-2-1-3-13(16)11-19-14-7-5-12(6-8-14)17(21)20-15-9-10-15/h1-8,15,19H,9-11,18H2,(H,20,21). The van der Waals surface area contributed by atoms with Crippen LogP contribution in [0.4, 0.5) is 11.4 Å². The number of hydrogen-bond acceptors (Lipinski definition) is 3. The normalized spacial score (nSPS) is 13.7. The molecule has 21 heavy (non-hydrogen) atoms. The van der Waals surface area contributed by atoms with Crippen LogP contribution in [0.3, 0.4) is 0 Å². The maximum Gasteiger partial charge on any atom is 0.251 e. The summed E-state index contributed by atoms with van der Waals surface area (Å²) in [5, 5.41) is 6.29. The van der Waals surface area contributed by atoms with E-state index in [0.717, 1.165) is 29.8 Å². The summed E-state index contributed by atoms with van der Waals surface area (Å²) in [4.78, 5) is 11.9. The lowest BCUT2D eigenvalue weighted by Gasteiger charge is -2.09. The fourth-order valence-electron chi connectivity index (χ4n) is 2.13. The van der Waals surface area contributed by atoms with Gasteiger partial charge in [-0.2, -0.15) is 0 Å². The van der Waals surface area contributed by atoms with Crippen LogP contribution in [0, 0.1) is 0 Å². The highest BCUT2D eigenvalue weighted by atomic mass is 16.1. The number of hydrogen-bond donors (Lipinski definition) is 3. The smallest absolute Gasteiger partial charge is 0.251 e. The molecule has 1 aliphatic carbocycles. The summed E-state index contributed by atoms with van der Waals surface area (Å²) in [7, 11) is 0. The molecule has 0 heterocycles. The maximum atomic E-state index is 11.9. The molecule has 1 saturated carbocycles. The predicted octanol–water partition coefficient (Wildman–Crippen LogP) is 2.77. The van der Waals surface area contributed by atoms with Gasteiger partial charge < -0.3 is 16.4 Å². The number of carbonyl (C=O) groups excluding carboxylic acids is 1. The quantitative estimate of drug-likeness (QED) is 0.738. The Morgan fingerprint density at radius 3 is 2.48 bits per heavy atom. The number of carbonyl (C=O) groups is 1. The van der Waals surface area contributed by atoms with Crippen LogP contribution >= 0.6 is 0 Å². The summed E-state index contributed by atoms with van der Waals surface area (Å²) in [6, 6.07) is 15.7. The maximum absolute atomic E-state index is 11.9. The molecule has 0 aromatic heterocycles. The van der Waals surface area contributed by atoms with Gasteiger partial charge in [-0.3, -0.25) is 4.79 Å². The van der Waals surface area contributed by atoms with Crippen molar-refractivity contribution in [1.29, 1.82) is 0 Å². The predicted molar refractivity (Wildman–Crippen MR) is 85.1 cm³/mol. The van der Waals surface area contributed by atoms with E-state index in [1.807, 2.05) is 48.5 Å². The number of nitrogen functional groups attached to an aromatic ring is 1. The first-order chi connectivity index (χ1) is 10.2. The molecule has 0 radical (unpaired) electrons. The molecule has 2 aromatic rings. The average Bonchev–Trinajstić information content (AvgIpc) is 3.31. The Balaban J connectivity index is 1.59. The monoisotopic (exact) mass is 281 g/mol. The first-order valence-electron chi connectivity index (χ1n) is 7.20. The molecule has 0 bridgehead atoms. The van der Waals surface area contributed by atoms with Crippen molar-refractivity contribution in [2.45, 2.75) is 25.4 Å². The summed E-state index contributed by atoms with van der Waals surface area (Å²) in [6.45, 7) is 0.667. The second-order valence-corrected chi connectivity index (χ2v) is 5.38. The molecule has 2 aromatic carbocycles. The summed E-state index contributed by atoms with van der Waals surface area (Å²) in [6.07, 6.45) is 2.20. The van der Waals surface area contributed by atoms with Crippen molar-refractivity contribution >= 4 is 17.3 Å².